The van der Waals surface area contributed by atoms with E-state index in [1.54, 1.807) is 36.4 Å². The summed E-state index contributed by atoms with van der Waals surface area (Å²) in [4.78, 5) is 50.1. The van der Waals surface area contributed by atoms with Crippen LogP contribution in [-0.4, -0.2) is 44.9 Å². The van der Waals surface area contributed by atoms with Gasteiger partial charge in [-0.1, -0.05) is 54.6 Å². The summed E-state index contributed by atoms with van der Waals surface area (Å²) in [5.74, 6) is -0.941. The highest BCUT2D eigenvalue weighted by Crippen LogP contribution is 2.36. The van der Waals surface area contributed by atoms with Crippen LogP contribution in [0.4, 0.5) is 15.8 Å². The number of nitrogens with one attached hydrogen (secondary N) is 2. The van der Waals surface area contributed by atoms with E-state index in [0.29, 0.717) is 39.4 Å². The number of hydrogen-bond acceptors (Lipinski definition) is 6. The second kappa shape index (κ2) is 12.0. The van der Waals surface area contributed by atoms with E-state index in [4.69, 9.17) is 16.6 Å². The molecular formula is C29H25ClFN5O3S. The highest BCUT2D eigenvalue weighted by Gasteiger charge is 2.43. The molecule has 8 nitrogen and oxygen atoms in total. The number of carbonyl (C=O) groups excluding carboxylic acids is 3. The highest BCUT2D eigenvalue weighted by molar-refractivity contribution is 8.15. The monoisotopic (exact) mass is 577 g/mol. The van der Waals surface area contributed by atoms with Crippen LogP contribution >= 0.6 is 23.4 Å². The molecule has 3 aromatic rings. The molecule has 5 rings (SSSR count). The van der Waals surface area contributed by atoms with Gasteiger partial charge in [0.25, 0.3) is 5.91 Å². The van der Waals surface area contributed by atoms with Gasteiger partial charge in [-0.3, -0.25) is 19.4 Å². The average molecular weight is 578 g/mol. The summed E-state index contributed by atoms with van der Waals surface area (Å²) < 4.78 is 13.2. The molecule has 204 valence electrons. The zero-order chi connectivity index (χ0) is 28.2. The van der Waals surface area contributed by atoms with E-state index in [0.717, 1.165) is 5.56 Å². The lowest BCUT2D eigenvalue weighted by molar-refractivity contribution is -0.128. The number of thioether (sulfide) groups is 1. The number of amides is 3. The first kappa shape index (κ1) is 27.5. The second-order valence-corrected chi connectivity index (χ2v) is 10.8. The Morgan fingerprint density at radius 2 is 1.80 bits per heavy atom. The minimum Gasteiger partial charge on any atom is -0.352 e. The molecule has 2 aliphatic heterocycles. The maximum Gasteiger partial charge on any atom is 0.259 e. The third-order valence-corrected chi connectivity index (χ3v) is 7.92. The van der Waals surface area contributed by atoms with Crippen molar-refractivity contribution in [1.82, 2.24) is 10.2 Å². The van der Waals surface area contributed by atoms with Crippen LogP contribution in [-0.2, 0) is 20.9 Å². The molecule has 0 aliphatic carbocycles. The Balaban J connectivity index is 1.32. The van der Waals surface area contributed by atoms with Crippen LogP contribution in [0.15, 0.2) is 82.8 Å². The van der Waals surface area contributed by atoms with Gasteiger partial charge in [0.05, 0.1) is 17.4 Å². The van der Waals surface area contributed by atoms with Gasteiger partial charge in [0.15, 0.2) is 5.17 Å². The van der Waals surface area contributed by atoms with Crippen LogP contribution in [0.5, 0.6) is 0 Å². The zero-order valence-electron chi connectivity index (χ0n) is 21.4. The van der Waals surface area contributed by atoms with Gasteiger partial charge in [-0.2, -0.15) is 0 Å². The average Bonchev–Trinajstić information content (AvgIpc) is 3.28. The quantitative estimate of drug-likeness (QED) is 0.379. The molecule has 0 radical (unpaired) electrons. The van der Waals surface area contributed by atoms with Gasteiger partial charge in [-0.15, -0.1) is 0 Å². The summed E-state index contributed by atoms with van der Waals surface area (Å²) in [6.07, 6.45) is 0.322. The van der Waals surface area contributed by atoms with Gasteiger partial charge in [0, 0.05) is 22.8 Å². The maximum atomic E-state index is 13.6. The number of nitrogens with zero attached hydrogens (tertiary/aromatic N) is 3. The largest absolute Gasteiger partial charge is 0.352 e. The van der Waals surface area contributed by atoms with E-state index in [2.05, 4.69) is 15.6 Å². The molecule has 2 heterocycles. The van der Waals surface area contributed by atoms with Crippen molar-refractivity contribution in [3.8, 4) is 0 Å². The van der Waals surface area contributed by atoms with Crippen molar-refractivity contribution in [2.24, 2.45) is 9.98 Å². The lowest BCUT2D eigenvalue weighted by atomic mass is 10.1. The lowest BCUT2D eigenvalue weighted by Gasteiger charge is -2.27. The number of amidine groups is 2. The number of anilines is 1. The Labute approximate surface area is 239 Å². The number of aliphatic imine (C=N–C) groups is 2. The number of hydrogen-bond donors (Lipinski definition) is 2. The fraction of sp³-hybridized carbons (Fsp3) is 0.207. The summed E-state index contributed by atoms with van der Waals surface area (Å²) in [5, 5.41) is 5.99. The van der Waals surface area contributed by atoms with Gasteiger partial charge < -0.3 is 10.6 Å². The molecule has 0 saturated heterocycles. The van der Waals surface area contributed by atoms with Gasteiger partial charge in [0.2, 0.25) is 11.8 Å². The van der Waals surface area contributed by atoms with Crippen LogP contribution in [0.1, 0.15) is 30.9 Å². The summed E-state index contributed by atoms with van der Waals surface area (Å²) in [7, 11) is 0. The van der Waals surface area contributed by atoms with Crippen molar-refractivity contribution in [3.05, 3.63) is 94.8 Å². The van der Waals surface area contributed by atoms with E-state index in [1.807, 2.05) is 31.2 Å². The van der Waals surface area contributed by atoms with Crippen molar-refractivity contribution >= 4 is 63.5 Å². The number of rotatable bonds is 8. The van der Waals surface area contributed by atoms with Gasteiger partial charge in [-0.05, 0) is 60.5 Å². The predicted molar refractivity (Wildman–Crippen MR) is 155 cm³/mol. The van der Waals surface area contributed by atoms with Crippen molar-refractivity contribution < 1.29 is 18.8 Å². The molecular weight excluding hydrogens is 553 g/mol. The summed E-state index contributed by atoms with van der Waals surface area (Å²) in [6, 6.07) is 19.0. The molecule has 0 unspecified atom stereocenters. The molecule has 0 fully saturated rings. The summed E-state index contributed by atoms with van der Waals surface area (Å²) >= 11 is 7.12. The van der Waals surface area contributed by atoms with Gasteiger partial charge >= 0.3 is 0 Å². The van der Waals surface area contributed by atoms with Gasteiger partial charge in [0.1, 0.15) is 17.7 Å². The van der Waals surface area contributed by atoms with Crippen LogP contribution in [0.3, 0.4) is 0 Å². The summed E-state index contributed by atoms with van der Waals surface area (Å²) in [6.45, 7) is 2.08. The second-order valence-electron chi connectivity index (χ2n) is 9.17. The van der Waals surface area contributed by atoms with E-state index < -0.39 is 11.3 Å². The number of benzene rings is 3. The molecule has 0 spiro atoms. The molecule has 2 aliphatic rings. The SMILES string of the molecule is CC[C@H](SC1=Nc2ccccc2C2=N[C@@H](CC(=O)NCc3ccc(F)cc3)C(=O)N12)C(=O)Nc1ccc(Cl)cc1. The third-order valence-electron chi connectivity index (χ3n) is 6.35. The normalized spacial score (nSPS) is 16.4. The number of halogens is 2. The molecule has 2 atom stereocenters. The standard InChI is InChI=1S/C29H25ClFN5O3S/c1-2-24(27(38)33-20-13-9-18(30)10-14-20)40-29-35-22-6-4-3-5-21(22)26-34-23(28(39)36(26)29)15-25(37)32-16-17-7-11-19(31)12-8-17/h3-14,23-24H,2,15-16H2,1H3,(H,32,37)(H,33,38)/t23-,24-/m0/s1. The van der Waals surface area contributed by atoms with Crippen molar-refractivity contribution in [3.63, 3.8) is 0 Å². The molecule has 0 bridgehead atoms. The maximum absolute atomic E-state index is 13.6. The van der Waals surface area contributed by atoms with Crippen LogP contribution < -0.4 is 10.6 Å². The van der Waals surface area contributed by atoms with Crippen LogP contribution in [0.2, 0.25) is 5.02 Å². The first-order valence-electron chi connectivity index (χ1n) is 12.7. The van der Waals surface area contributed by atoms with E-state index >= 15 is 0 Å². The number of para-hydroxylation sites is 1. The number of carbonyl (C=O) groups is 3. The number of fused-ring (bicyclic) bond motifs is 3. The highest BCUT2D eigenvalue weighted by atomic mass is 35.5. The Morgan fingerprint density at radius 1 is 1.07 bits per heavy atom. The molecule has 0 saturated carbocycles. The van der Waals surface area contributed by atoms with Crippen LogP contribution in [0.25, 0.3) is 0 Å². The Hall–Kier alpha value is -4.02. The smallest absolute Gasteiger partial charge is 0.259 e. The predicted octanol–water partition coefficient (Wildman–Crippen LogP) is 5.29. The molecule has 2 N–H and O–H groups in total. The molecule has 40 heavy (non-hydrogen) atoms. The van der Waals surface area contributed by atoms with Gasteiger partial charge in [-0.25, -0.2) is 14.3 Å². The van der Waals surface area contributed by atoms with Crippen molar-refractivity contribution in [2.45, 2.75) is 37.6 Å². The van der Waals surface area contributed by atoms with Crippen molar-refractivity contribution in [1.29, 1.82) is 0 Å². The fourth-order valence-electron chi connectivity index (χ4n) is 4.27. The summed E-state index contributed by atoms with van der Waals surface area (Å²) in [5.41, 5.74) is 2.64. The van der Waals surface area contributed by atoms with E-state index in [1.165, 1.54) is 28.8 Å². The van der Waals surface area contributed by atoms with Crippen molar-refractivity contribution in [2.75, 3.05) is 5.32 Å². The molecule has 3 amide bonds. The first-order valence-corrected chi connectivity index (χ1v) is 13.9. The third kappa shape index (κ3) is 6.08. The minimum absolute atomic E-state index is 0.158. The molecule has 0 aromatic heterocycles. The fourth-order valence-corrected chi connectivity index (χ4v) is 5.42. The Morgan fingerprint density at radius 3 is 2.52 bits per heavy atom. The minimum atomic E-state index is -0.942. The molecule has 11 heteroatoms. The first-order chi connectivity index (χ1) is 19.3. The molecule has 3 aromatic carbocycles. The zero-order valence-corrected chi connectivity index (χ0v) is 23.0. The topological polar surface area (TPSA) is 103 Å². The van der Waals surface area contributed by atoms with E-state index in [-0.39, 0.29) is 36.5 Å². The Kier molecular flexibility index (Phi) is 8.27. The Bertz CT molecular complexity index is 1510. The lowest BCUT2D eigenvalue weighted by Crippen LogP contribution is -2.43. The van der Waals surface area contributed by atoms with E-state index in [9.17, 15) is 18.8 Å². The van der Waals surface area contributed by atoms with Crippen LogP contribution in [0, 0.1) is 5.82 Å².